The van der Waals surface area contributed by atoms with Crippen molar-refractivity contribution in [2.45, 2.75) is 26.8 Å². The summed E-state index contributed by atoms with van der Waals surface area (Å²) in [6, 6.07) is 12.2. The standard InChI is InChI=1S/C23H22F2N2S/c1-13(2)27-12-21(25)14(3)22-10-16-6-5-7-19(23(16)28-22)20-11-17(24)8-9-18(20)15(4)26/h5-12,15H,1,26H2,2-4H3/b21-14-,27-12?/t15-/m1/s1. The molecular formula is C23H22F2N2S. The first-order chi connectivity index (χ1) is 13.3. The van der Waals surface area contributed by atoms with Crippen molar-refractivity contribution in [2.24, 2.45) is 10.7 Å². The van der Waals surface area contributed by atoms with E-state index in [1.807, 2.05) is 31.2 Å². The van der Waals surface area contributed by atoms with Gasteiger partial charge in [-0.1, -0.05) is 30.8 Å². The molecule has 0 bridgehead atoms. The van der Waals surface area contributed by atoms with Crippen LogP contribution in [0.3, 0.4) is 0 Å². The van der Waals surface area contributed by atoms with Gasteiger partial charge in [-0.15, -0.1) is 11.3 Å². The topological polar surface area (TPSA) is 38.4 Å². The molecule has 2 nitrogen and oxygen atoms in total. The highest BCUT2D eigenvalue weighted by Gasteiger charge is 2.15. The van der Waals surface area contributed by atoms with Gasteiger partial charge in [-0.2, -0.15) is 0 Å². The Morgan fingerprint density at radius 3 is 2.61 bits per heavy atom. The maximum Gasteiger partial charge on any atom is 0.145 e. The molecule has 0 radical (unpaired) electrons. The first kappa shape index (κ1) is 20.1. The maximum atomic E-state index is 14.4. The van der Waals surface area contributed by atoms with Crippen molar-refractivity contribution in [3.63, 3.8) is 0 Å². The summed E-state index contributed by atoms with van der Waals surface area (Å²) < 4.78 is 29.4. The molecule has 0 aliphatic carbocycles. The molecule has 0 unspecified atom stereocenters. The van der Waals surface area contributed by atoms with E-state index in [1.54, 1.807) is 19.9 Å². The fourth-order valence-electron chi connectivity index (χ4n) is 3.00. The minimum Gasteiger partial charge on any atom is -0.324 e. The SMILES string of the molecule is C=C(C)N=C/C(F)=C(\C)c1cc2cccc(-c3cc(F)ccc3[C@@H](C)N)c2s1. The Hall–Kier alpha value is -2.63. The molecule has 1 heterocycles. The largest absolute Gasteiger partial charge is 0.324 e. The summed E-state index contributed by atoms with van der Waals surface area (Å²) >= 11 is 1.47. The lowest BCUT2D eigenvalue weighted by Gasteiger charge is -2.14. The zero-order chi connectivity index (χ0) is 20.4. The van der Waals surface area contributed by atoms with Gasteiger partial charge in [0.05, 0.1) is 6.21 Å². The third kappa shape index (κ3) is 4.11. The van der Waals surface area contributed by atoms with E-state index in [-0.39, 0.29) is 11.9 Å². The van der Waals surface area contributed by atoms with Crippen molar-refractivity contribution < 1.29 is 8.78 Å². The van der Waals surface area contributed by atoms with Gasteiger partial charge in [-0.3, -0.25) is 4.99 Å². The molecule has 0 amide bonds. The van der Waals surface area contributed by atoms with E-state index in [0.29, 0.717) is 11.3 Å². The molecule has 0 spiro atoms. The second kappa shape index (κ2) is 8.17. The summed E-state index contributed by atoms with van der Waals surface area (Å²) in [7, 11) is 0. The van der Waals surface area contributed by atoms with Gasteiger partial charge in [-0.05, 0) is 61.0 Å². The number of hydrogen-bond donors (Lipinski definition) is 1. The van der Waals surface area contributed by atoms with Gasteiger partial charge in [0.2, 0.25) is 0 Å². The van der Waals surface area contributed by atoms with Gasteiger partial charge in [0.15, 0.2) is 0 Å². The number of allylic oxidation sites excluding steroid dienone is 3. The minimum absolute atomic E-state index is 0.234. The number of nitrogens with zero attached hydrogens (tertiary/aromatic N) is 1. The number of nitrogens with two attached hydrogens (primary N) is 1. The van der Waals surface area contributed by atoms with E-state index in [1.165, 1.54) is 29.7 Å². The zero-order valence-corrected chi connectivity index (χ0v) is 16.9. The first-order valence-electron chi connectivity index (χ1n) is 8.92. The highest BCUT2D eigenvalue weighted by Crippen LogP contribution is 2.40. The molecule has 1 atom stereocenters. The molecule has 0 saturated heterocycles. The Morgan fingerprint density at radius 1 is 1.18 bits per heavy atom. The van der Waals surface area contributed by atoms with Gasteiger partial charge in [0.25, 0.3) is 0 Å². The summed E-state index contributed by atoms with van der Waals surface area (Å²) in [5.74, 6) is -0.718. The third-order valence-corrected chi connectivity index (χ3v) is 5.77. The number of benzene rings is 2. The summed E-state index contributed by atoms with van der Waals surface area (Å²) in [6.07, 6.45) is 1.18. The highest BCUT2D eigenvalue weighted by atomic mass is 32.1. The second-order valence-electron chi connectivity index (χ2n) is 6.82. The number of aliphatic imine (C=N–C) groups is 1. The van der Waals surface area contributed by atoms with Crippen LogP contribution >= 0.6 is 11.3 Å². The third-order valence-electron chi connectivity index (χ3n) is 4.47. The van der Waals surface area contributed by atoms with E-state index in [0.717, 1.165) is 31.7 Å². The van der Waals surface area contributed by atoms with Crippen LogP contribution in [0.15, 0.2) is 65.6 Å². The molecule has 0 saturated carbocycles. The normalized spacial score (nSPS) is 13.8. The van der Waals surface area contributed by atoms with Crippen molar-refractivity contribution >= 4 is 33.2 Å². The first-order valence-corrected chi connectivity index (χ1v) is 9.74. The average Bonchev–Trinajstić information content (AvgIpc) is 3.09. The van der Waals surface area contributed by atoms with Crippen LogP contribution in [-0.4, -0.2) is 6.21 Å². The van der Waals surface area contributed by atoms with Crippen molar-refractivity contribution in [2.75, 3.05) is 0 Å². The second-order valence-corrected chi connectivity index (χ2v) is 7.87. The lowest BCUT2D eigenvalue weighted by atomic mass is 9.95. The molecule has 2 aromatic carbocycles. The van der Waals surface area contributed by atoms with Crippen LogP contribution in [0, 0.1) is 5.82 Å². The highest BCUT2D eigenvalue weighted by molar-refractivity contribution is 7.20. The van der Waals surface area contributed by atoms with E-state index in [4.69, 9.17) is 5.73 Å². The summed E-state index contributed by atoms with van der Waals surface area (Å²) in [6.45, 7) is 8.95. The van der Waals surface area contributed by atoms with Gasteiger partial charge in [-0.25, -0.2) is 8.78 Å². The summed E-state index contributed by atoms with van der Waals surface area (Å²) in [5, 5.41) is 0.973. The van der Waals surface area contributed by atoms with Crippen LogP contribution < -0.4 is 5.73 Å². The Kier molecular flexibility index (Phi) is 5.87. The molecule has 3 rings (SSSR count). The van der Waals surface area contributed by atoms with Crippen LogP contribution in [0.5, 0.6) is 0 Å². The van der Waals surface area contributed by atoms with Gasteiger partial charge < -0.3 is 5.73 Å². The number of rotatable bonds is 5. The lowest BCUT2D eigenvalue weighted by Crippen LogP contribution is -2.07. The zero-order valence-electron chi connectivity index (χ0n) is 16.1. The van der Waals surface area contributed by atoms with Crippen LogP contribution in [0.1, 0.15) is 37.3 Å². The van der Waals surface area contributed by atoms with Gasteiger partial charge in [0, 0.05) is 26.9 Å². The Balaban J connectivity index is 2.18. The number of hydrogen-bond acceptors (Lipinski definition) is 3. The minimum atomic E-state index is -0.405. The maximum absolute atomic E-state index is 14.4. The lowest BCUT2D eigenvalue weighted by molar-refractivity contribution is 0.626. The molecule has 2 N–H and O–H groups in total. The van der Waals surface area contributed by atoms with Gasteiger partial charge in [0.1, 0.15) is 11.6 Å². The van der Waals surface area contributed by atoms with Crippen molar-refractivity contribution in [1.82, 2.24) is 0 Å². The Morgan fingerprint density at radius 2 is 1.93 bits per heavy atom. The van der Waals surface area contributed by atoms with Crippen LogP contribution in [0.25, 0.3) is 26.8 Å². The molecular weight excluding hydrogens is 374 g/mol. The van der Waals surface area contributed by atoms with E-state index in [2.05, 4.69) is 11.6 Å². The molecule has 0 aliphatic heterocycles. The molecule has 28 heavy (non-hydrogen) atoms. The predicted molar refractivity (Wildman–Crippen MR) is 117 cm³/mol. The fourth-order valence-corrected chi connectivity index (χ4v) is 4.19. The smallest absolute Gasteiger partial charge is 0.145 e. The molecule has 5 heteroatoms. The summed E-state index contributed by atoms with van der Waals surface area (Å²) in [5.41, 5.74) is 9.67. The van der Waals surface area contributed by atoms with Crippen LogP contribution in [-0.2, 0) is 0 Å². The van der Waals surface area contributed by atoms with E-state index >= 15 is 0 Å². The van der Waals surface area contributed by atoms with E-state index < -0.39 is 5.83 Å². The molecule has 144 valence electrons. The molecule has 0 aliphatic rings. The van der Waals surface area contributed by atoms with Crippen LogP contribution in [0.4, 0.5) is 8.78 Å². The van der Waals surface area contributed by atoms with Gasteiger partial charge >= 0.3 is 0 Å². The molecule has 3 aromatic rings. The van der Waals surface area contributed by atoms with Crippen molar-refractivity contribution in [1.29, 1.82) is 0 Å². The number of fused-ring (bicyclic) bond motifs is 1. The molecule has 0 fully saturated rings. The monoisotopic (exact) mass is 396 g/mol. The van der Waals surface area contributed by atoms with Crippen molar-refractivity contribution in [3.8, 4) is 11.1 Å². The average molecular weight is 397 g/mol. The number of halogens is 2. The summed E-state index contributed by atoms with van der Waals surface area (Å²) in [4.78, 5) is 4.73. The Bertz CT molecular complexity index is 1110. The Labute approximate surface area is 167 Å². The van der Waals surface area contributed by atoms with Crippen LogP contribution in [0.2, 0.25) is 0 Å². The number of thiophene rings is 1. The van der Waals surface area contributed by atoms with E-state index in [9.17, 15) is 8.78 Å². The van der Waals surface area contributed by atoms with Crippen molar-refractivity contribution in [3.05, 3.63) is 76.8 Å². The predicted octanol–water partition coefficient (Wildman–Crippen LogP) is 7.03. The fraction of sp³-hybridized carbons (Fsp3) is 0.174. The quantitative estimate of drug-likeness (QED) is 0.462. The molecule has 1 aromatic heterocycles.